The van der Waals surface area contributed by atoms with Crippen molar-refractivity contribution in [2.45, 2.75) is 45.2 Å². The summed E-state index contributed by atoms with van der Waals surface area (Å²) in [4.78, 5) is 26.6. The molecule has 0 bridgehead atoms. The third-order valence-corrected chi connectivity index (χ3v) is 5.16. The molecule has 1 saturated carbocycles. The van der Waals surface area contributed by atoms with Crippen LogP contribution in [-0.2, 0) is 11.3 Å². The van der Waals surface area contributed by atoms with Gasteiger partial charge in [0.1, 0.15) is 0 Å². The minimum atomic E-state index is 0.0885. The maximum Gasteiger partial charge on any atom is 0.254 e. The van der Waals surface area contributed by atoms with Crippen molar-refractivity contribution < 1.29 is 9.59 Å². The number of nitrogens with one attached hydrogen (secondary N) is 2. The van der Waals surface area contributed by atoms with Gasteiger partial charge < -0.3 is 15.5 Å². The van der Waals surface area contributed by atoms with Gasteiger partial charge in [-0.2, -0.15) is 0 Å². The Hall–Kier alpha value is -1.88. The fourth-order valence-electron chi connectivity index (χ4n) is 3.60. The first-order valence-corrected chi connectivity index (χ1v) is 9.03. The van der Waals surface area contributed by atoms with Gasteiger partial charge in [0.05, 0.1) is 0 Å². The van der Waals surface area contributed by atoms with Gasteiger partial charge in [0.25, 0.3) is 5.91 Å². The van der Waals surface area contributed by atoms with E-state index in [4.69, 9.17) is 0 Å². The summed E-state index contributed by atoms with van der Waals surface area (Å²) in [7, 11) is 0. The van der Waals surface area contributed by atoms with E-state index in [1.807, 2.05) is 29.2 Å². The van der Waals surface area contributed by atoms with Crippen LogP contribution in [0.1, 0.15) is 48.5 Å². The topological polar surface area (TPSA) is 61.4 Å². The quantitative estimate of drug-likeness (QED) is 0.887. The van der Waals surface area contributed by atoms with E-state index >= 15 is 0 Å². The fourth-order valence-corrected chi connectivity index (χ4v) is 3.60. The summed E-state index contributed by atoms with van der Waals surface area (Å²) in [5.41, 5.74) is 1.75. The Kier molecular flexibility index (Phi) is 5.51. The highest BCUT2D eigenvalue weighted by Crippen LogP contribution is 2.24. The van der Waals surface area contributed by atoms with Crippen LogP contribution in [0.15, 0.2) is 24.3 Å². The zero-order chi connectivity index (χ0) is 16.9. The summed E-state index contributed by atoms with van der Waals surface area (Å²) >= 11 is 0. The molecule has 2 fully saturated rings. The molecule has 1 heterocycles. The molecule has 1 aromatic carbocycles. The Morgan fingerprint density at radius 2 is 1.92 bits per heavy atom. The molecule has 3 rings (SSSR count). The van der Waals surface area contributed by atoms with Gasteiger partial charge >= 0.3 is 0 Å². The Bertz CT molecular complexity index is 579. The van der Waals surface area contributed by atoms with Crippen molar-refractivity contribution in [1.29, 1.82) is 0 Å². The zero-order valence-electron chi connectivity index (χ0n) is 14.4. The van der Waals surface area contributed by atoms with Crippen LogP contribution >= 0.6 is 0 Å². The number of amides is 2. The van der Waals surface area contributed by atoms with Crippen LogP contribution in [0.4, 0.5) is 0 Å². The minimum Gasteiger partial charge on any atom is -0.352 e. The highest BCUT2D eigenvalue weighted by Gasteiger charge is 2.24. The second-order valence-electron chi connectivity index (χ2n) is 6.95. The largest absolute Gasteiger partial charge is 0.352 e. The van der Waals surface area contributed by atoms with E-state index in [2.05, 4.69) is 17.6 Å². The van der Waals surface area contributed by atoms with Crippen LogP contribution < -0.4 is 10.6 Å². The standard InChI is InChI=1S/C19H27N3O2/c1-14-12-20-10-11-22(14)19(24)17-8-6-15(7-9-17)13-21-18(23)16-4-2-3-5-16/h6-9,14,16,20H,2-5,10-13H2,1H3,(H,21,23). The summed E-state index contributed by atoms with van der Waals surface area (Å²) in [6.07, 6.45) is 4.36. The molecule has 1 saturated heterocycles. The van der Waals surface area contributed by atoms with Crippen LogP contribution in [-0.4, -0.2) is 42.4 Å². The van der Waals surface area contributed by atoms with Gasteiger partial charge in [-0.3, -0.25) is 9.59 Å². The predicted octanol–water partition coefficient (Wildman–Crippen LogP) is 1.93. The molecule has 0 aromatic heterocycles. The van der Waals surface area contributed by atoms with E-state index in [0.717, 1.165) is 43.6 Å². The molecule has 2 aliphatic rings. The Labute approximate surface area is 143 Å². The smallest absolute Gasteiger partial charge is 0.254 e. The molecule has 1 aromatic rings. The molecule has 1 aliphatic heterocycles. The van der Waals surface area contributed by atoms with Crippen LogP contribution in [0.2, 0.25) is 0 Å². The average molecular weight is 329 g/mol. The Morgan fingerprint density at radius 1 is 1.21 bits per heavy atom. The molecular weight excluding hydrogens is 302 g/mol. The lowest BCUT2D eigenvalue weighted by Crippen LogP contribution is -2.52. The monoisotopic (exact) mass is 329 g/mol. The van der Waals surface area contributed by atoms with Gasteiger partial charge in [0.2, 0.25) is 5.91 Å². The zero-order valence-corrected chi connectivity index (χ0v) is 14.4. The molecule has 1 unspecified atom stereocenters. The molecule has 2 N–H and O–H groups in total. The van der Waals surface area contributed by atoms with Crippen molar-refractivity contribution in [1.82, 2.24) is 15.5 Å². The van der Waals surface area contributed by atoms with Gasteiger partial charge in [-0.05, 0) is 37.5 Å². The van der Waals surface area contributed by atoms with E-state index in [1.165, 1.54) is 12.8 Å². The summed E-state index contributed by atoms with van der Waals surface area (Å²) in [6.45, 7) is 5.04. The molecule has 2 amide bonds. The lowest BCUT2D eigenvalue weighted by molar-refractivity contribution is -0.124. The fraction of sp³-hybridized carbons (Fsp3) is 0.579. The van der Waals surface area contributed by atoms with E-state index in [1.54, 1.807) is 0 Å². The van der Waals surface area contributed by atoms with Gasteiger partial charge in [0.15, 0.2) is 0 Å². The molecule has 1 aliphatic carbocycles. The third kappa shape index (κ3) is 3.96. The summed E-state index contributed by atoms with van der Waals surface area (Å²) in [5.74, 6) is 0.452. The Morgan fingerprint density at radius 3 is 2.58 bits per heavy atom. The highest BCUT2D eigenvalue weighted by atomic mass is 16.2. The maximum absolute atomic E-state index is 12.6. The predicted molar refractivity (Wildman–Crippen MR) is 93.6 cm³/mol. The first-order chi connectivity index (χ1) is 11.6. The second-order valence-corrected chi connectivity index (χ2v) is 6.95. The number of benzene rings is 1. The summed E-state index contributed by atoms with van der Waals surface area (Å²) in [5, 5.41) is 6.31. The summed E-state index contributed by atoms with van der Waals surface area (Å²) < 4.78 is 0. The van der Waals surface area contributed by atoms with E-state index < -0.39 is 0 Å². The van der Waals surface area contributed by atoms with Crippen molar-refractivity contribution in [3.63, 3.8) is 0 Å². The molecular formula is C19H27N3O2. The van der Waals surface area contributed by atoms with Gasteiger partial charge in [-0.25, -0.2) is 0 Å². The molecule has 0 radical (unpaired) electrons. The van der Waals surface area contributed by atoms with Gasteiger partial charge in [-0.15, -0.1) is 0 Å². The number of piperazine rings is 1. The van der Waals surface area contributed by atoms with Crippen molar-refractivity contribution >= 4 is 11.8 Å². The van der Waals surface area contributed by atoms with Crippen LogP contribution in [0.25, 0.3) is 0 Å². The summed E-state index contributed by atoms with van der Waals surface area (Å²) in [6, 6.07) is 7.84. The van der Waals surface area contributed by atoms with Crippen molar-refractivity contribution in [2.24, 2.45) is 5.92 Å². The SMILES string of the molecule is CC1CNCCN1C(=O)c1ccc(CNC(=O)C2CCCC2)cc1. The molecule has 130 valence electrons. The number of carbonyl (C=O) groups is 2. The maximum atomic E-state index is 12.6. The lowest BCUT2D eigenvalue weighted by Gasteiger charge is -2.34. The Balaban J connectivity index is 1.54. The normalized spacial score (nSPS) is 21.7. The molecule has 0 spiro atoms. The molecule has 1 atom stereocenters. The van der Waals surface area contributed by atoms with Crippen LogP contribution in [0.3, 0.4) is 0 Å². The van der Waals surface area contributed by atoms with Gasteiger partial charge in [-0.1, -0.05) is 25.0 Å². The van der Waals surface area contributed by atoms with Crippen LogP contribution in [0.5, 0.6) is 0 Å². The second kappa shape index (κ2) is 7.79. The minimum absolute atomic E-state index is 0.0885. The number of nitrogens with zero attached hydrogens (tertiary/aromatic N) is 1. The lowest BCUT2D eigenvalue weighted by atomic mass is 10.1. The van der Waals surface area contributed by atoms with Crippen molar-refractivity contribution in [3.8, 4) is 0 Å². The van der Waals surface area contributed by atoms with E-state index in [-0.39, 0.29) is 23.8 Å². The van der Waals surface area contributed by atoms with Gasteiger partial charge in [0, 0.05) is 43.7 Å². The number of hydrogen-bond donors (Lipinski definition) is 2. The average Bonchev–Trinajstić information content (AvgIpc) is 3.15. The first kappa shape index (κ1) is 17.0. The van der Waals surface area contributed by atoms with Crippen molar-refractivity contribution in [3.05, 3.63) is 35.4 Å². The van der Waals surface area contributed by atoms with Crippen molar-refractivity contribution in [2.75, 3.05) is 19.6 Å². The number of carbonyl (C=O) groups excluding carboxylic acids is 2. The number of hydrogen-bond acceptors (Lipinski definition) is 3. The molecule has 24 heavy (non-hydrogen) atoms. The number of rotatable bonds is 4. The van der Waals surface area contributed by atoms with E-state index in [9.17, 15) is 9.59 Å². The molecule has 5 nitrogen and oxygen atoms in total. The molecule has 5 heteroatoms. The third-order valence-electron chi connectivity index (χ3n) is 5.16. The first-order valence-electron chi connectivity index (χ1n) is 9.03. The van der Waals surface area contributed by atoms with E-state index in [0.29, 0.717) is 6.54 Å². The highest BCUT2D eigenvalue weighted by molar-refractivity contribution is 5.94. The van der Waals surface area contributed by atoms with Crippen LogP contribution in [0, 0.1) is 5.92 Å².